The van der Waals surface area contributed by atoms with Crippen LogP contribution >= 0.6 is 11.8 Å². The fraction of sp³-hybridized carbons (Fsp3) is 0.429. The van der Waals surface area contributed by atoms with Gasteiger partial charge in [0, 0.05) is 12.1 Å². The predicted molar refractivity (Wildman–Crippen MR) is 117 cm³/mol. The van der Waals surface area contributed by atoms with Crippen molar-refractivity contribution in [2.24, 2.45) is 15.6 Å². The van der Waals surface area contributed by atoms with E-state index >= 15 is 0 Å². The number of hydrogen-bond acceptors (Lipinski definition) is 6. The van der Waals surface area contributed by atoms with Crippen molar-refractivity contribution in [1.82, 2.24) is 5.32 Å². The monoisotopic (exact) mass is 414 g/mol. The van der Waals surface area contributed by atoms with Gasteiger partial charge in [0.05, 0.1) is 12.8 Å². The average molecular weight is 415 g/mol. The highest BCUT2D eigenvalue weighted by Gasteiger charge is 2.32. The first-order chi connectivity index (χ1) is 13.7. The number of nitrogens with zero attached hydrogens (tertiary/aromatic N) is 2. The summed E-state index contributed by atoms with van der Waals surface area (Å²) in [6.07, 6.45) is 3.99. The zero-order chi connectivity index (χ0) is 21.0. The molecule has 0 saturated carbocycles. The number of rotatable bonds is 5. The van der Waals surface area contributed by atoms with E-state index < -0.39 is 5.25 Å². The first kappa shape index (κ1) is 21.1. The van der Waals surface area contributed by atoms with E-state index in [-0.39, 0.29) is 23.7 Å². The molecule has 1 aliphatic carbocycles. The van der Waals surface area contributed by atoms with E-state index in [0.717, 1.165) is 18.6 Å². The van der Waals surface area contributed by atoms with Gasteiger partial charge >= 0.3 is 0 Å². The summed E-state index contributed by atoms with van der Waals surface area (Å²) in [5, 5.41) is 13.9. The lowest BCUT2D eigenvalue weighted by molar-refractivity contribution is -0.122. The highest BCUT2D eigenvalue weighted by atomic mass is 32.2. The van der Waals surface area contributed by atoms with Crippen LogP contribution in [0.2, 0.25) is 0 Å². The number of carbonyl (C=O) groups excluding carboxylic acids is 2. The van der Waals surface area contributed by atoms with Gasteiger partial charge in [0.15, 0.2) is 5.17 Å². The summed E-state index contributed by atoms with van der Waals surface area (Å²) >= 11 is 1.23. The number of methoxy groups -OCH3 is 1. The SMILES string of the molecule is COc1ccc(NC(=O)CC2SC(=NN=C3C=C(C)CC(C)(C)C3)NC2=O)cc1. The lowest BCUT2D eigenvalue weighted by atomic mass is 9.77. The van der Waals surface area contributed by atoms with E-state index in [2.05, 4.69) is 47.7 Å². The summed E-state index contributed by atoms with van der Waals surface area (Å²) in [5.74, 6) is 0.250. The third kappa shape index (κ3) is 5.93. The Kier molecular flexibility index (Phi) is 6.42. The van der Waals surface area contributed by atoms with Crippen molar-refractivity contribution in [3.63, 3.8) is 0 Å². The molecule has 2 aliphatic rings. The summed E-state index contributed by atoms with van der Waals surface area (Å²) in [5.41, 5.74) is 2.99. The van der Waals surface area contributed by atoms with Crippen LogP contribution in [0.4, 0.5) is 5.69 Å². The molecule has 2 N–H and O–H groups in total. The Bertz CT molecular complexity index is 888. The molecule has 1 saturated heterocycles. The van der Waals surface area contributed by atoms with E-state index in [1.165, 1.54) is 17.3 Å². The van der Waals surface area contributed by atoms with Crippen LogP contribution in [0.25, 0.3) is 0 Å². The third-order valence-corrected chi connectivity index (χ3v) is 5.69. The van der Waals surface area contributed by atoms with Gasteiger partial charge in [-0.3, -0.25) is 9.59 Å². The van der Waals surface area contributed by atoms with Crippen LogP contribution in [0.15, 0.2) is 46.1 Å². The van der Waals surface area contributed by atoms with Crippen LogP contribution in [-0.2, 0) is 9.59 Å². The van der Waals surface area contributed by atoms with E-state index in [1.807, 2.05) is 0 Å². The molecule has 154 valence electrons. The molecule has 0 spiro atoms. The minimum Gasteiger partial charge on any atom is -0.497 e. The minimum absolute atomic E-state index is 0.0597. The molecule has 1 heterocycles. The Balaban J connectivity index is 1.58. The maximum absolute atomic E-state index is 12.3. The molecular formula is C21H26N4O3S. The second kappa shape index (κ2) is 8.82. The topological polar surface area (TPSA) is 92.2 Å². The van der Waals surface area contributed by atoms with E-state index in [4.69, 9.17) is 4.74 Å². The number of nitrogens with one attached hydrogen (secondary N) is 2. The molecule has 29 heavy (non-hydrogen) atoms. The summed E-state index contributed by atoms with van der Waals surface area (Å²) in [6.45, 7) is 6.50. The van der Waals surface area contributed by atoms with Crippen molar-refractivity contribution in [3.8, 4) is 5.75 Å². The summed E-state index contributed by atoms with van der Waals surface area (Å²) in [6, 6.07) is 7.03. The fourth-order valence-corrected chi connectivity index (χ4v) is 4.43. The van der Waals surface area contributed by atoms with Crippen LogP contribution < -0.4 is 15.4 Å². The Morgan fingerprint density at radius 2 is 2.00 bits per heavy atom. The van der Waals surface area contributed by atoms with Gasteiger partial charge in [-0.2, -0.15) is 5.10 Å². The second-order valence-corrected chi connectivity index (χ2v) is 9.27. The maximum Gasteiger partial charge on any atom is 0.240 e. The summed E-state index contributed by atoms with van der Waals surface area (Å²) in [4.78, 5) is 24.5. The van der Waals surface area contributed by atoms with Gasteiger partial charge in [0.2, 0.25) is 11.8 Å². The Morgan fingerprint density at radius 3 is 2.66 bits per heavy atom. The Morgan fingerprint density at radius 1 is 1.28 bits per heavy atom. The summed E-state index contributed by atoms with van der Waals surface area (Å²) < 4.78 is 5.10. The lowest BCUT2D eigenvalue weighted by Crippen LogP contribution is -2.28. The normalized spacial score (nSPS) is 23.7. The predicted octanol–water partition coefficient (Wildman–Crippen LogP) is 3.73. The van der Waals surface area contributed by atoms with Gasteiger partial charge in [0.25, 0.3) is 0 Å². The van der Waals surface area contributed by atoms with Gasteiger partial charge < -0.3 is 15.4 Å². The second-order valence-electron chi connectivity index (χ2n) is 8.08. The van der Waals surface area contributed by atoms with Crippen LogP contribution in [-0.4, -0.2) is 35.1 Å². The van der Waals surface area contributed by atoms with Crippen LogP contribution in [0.5, 0.6) is 5.75 Å². The molecule has 1 aliphatic heterocycles. The molecule has 0 bridgehead atoms. The highest BCUT2D eigenvalue weighted by Crippen LogP contribution is 2.34. The standard InChI is InChI=1S/C21H26N4O3S/c1-13-9-15(12-21(2,3)11-13)24-25-20-23-19(27)17(29-20)10-18(26)22-14-5-7-16(28-4)8-6-14/h5-9,17H,10-12H2,1-4H3,(H,22,26)(H,23,25,27). The van der Waals surface area contributed by atoms with E-state index in [0.29, 0.717) is 16.6 Å². The molecule has 3 rings (SSSR count). The number of amidine groups is 1. The Labute approximate surface area is 175 Å². The molecule has 7 nitrogen and oxygen atoms in total. The largest absolute Gasteiger partial charge is 0.497 e. The number of anilines is 1. The number of amides is 2. The number of ether oxygens (including phenoxy) is 1. The van der Waals surface area contributed by atoms with Crippen molar-refractivity contribution in [1.29, 1.82) is 0 Å². The molecule has 1 fully saturated rings. The molecule has 8 heteroatoms. The first-order valence-electron chi connectivity index (χ1n) is 9.47. The van der Waals surface area contributed by atoms with Crippen LogP contribution in [0.3, 0.4) is 0 Å². The van der Waals surface area contributed by atoms with E-state index in [1.54, 1.807) is 31.4 Å². The molecule has 1 atom stereocenters. The molecular weight excluding hydrogens is 388 g/mol. The number of allylic oxidation sites excluding steroid dienone is 2. The van der Waals surface area contributed by atoms with Crippen LogP contribution in [0, 0.1) is 5.41 Å². The smallest absolute Gasteiger partial charge is 0.240 e. The first-order valence-corrected chi connectivity index (χ1v) is 10.4. The van der Waals surface area contributed by atoms with Crippen molar-refractivity contribution in [2.45, 2.75) is 45.3 Å². The van der Waals surface area contributed by atoms with Crippen molar-refractivity contribution < 1.29 is 14.3 Å². The van der Waals surface area contributed by atoms with Crippen molar-refractivity contribution >= 4 is 40.1 Å². The fourth-order valence-electron chi connectivity index (χ4n) is 3.51. The minimum atomic E-state index is -0.521. The molecule has 0 aromatic heterocycles. The van der Waals surface area contributed by atoms with Crippen molar-refractivity contribution in [2.75, 3.05) is 12.4 Å². The molecule has 1 aromatic rings. The maximum atomic E-state index is 12.3. The molecule has 0 radical (unpaired) electrons. The van der Waals surface area contributed by atoms with Gasteiger partial charge in [-0.15, -0.1) is 5.10 Å². The van der Waals surface area contributed by atoms with Crippen molar-refractivity contribution in [3.05, 3.63) is 35.9 Å². The average Bonchev–Trinajstić information content (AvgIpc) is 2.98. The van der Waals surface area contributed by atoms with Gasteiger partial charge in [-0.25, -0.2) is 0 Å². The zero-order valence-electron chi connectivity index (χ0n) is 17.1. The third-order valence-electron chi connectivity index (χ3n) is 4.62. The van der Waals surface area contributed by atoms with E-state index in [9.17, 15) is 9.59 Å². The Hall–Kier alpha value is -2.61. The molecule has 1 unspecified atom stereocenters. The van der Waals surface area contributed by atoms with Gasteiger partial charge in [-0.1, -0.05) is 31.2 Å². The quantitative estimate of drug-likeness (QED) is 0.718. The van der Waals surface area contributed by atoms with Gasteiger partial charge in [0.1, 0.15) is 11.0 Å². The summed E-state index contributed by atoms with van der Waals surface area (Å²) in [7, 11) is 1.58. The number of hydrogen-bond donors (Lipinski definition) is 2. The molecule has 1 aromatic carbocycles. The highest BCUT2D eigenvalue weighted by molar-refractivity contribution is 8.15. The zero-order valence-corrected chi connectivity index (χ0v) is 17.9. The number of benzene rings is 1. The number of carbonyl (C=O) groups is 2. The lowest BCUT2D eigenvalue weighted by Gasteiger charge is -2.28. The van der Waals surface area contributed by atoms with Gasteiger partial charge in [-0.05, 0) is 55.5 Å². The van der Waals surface area contributed by atoms with Crippen LogP contribution in [0.1, 0.15) is 40.0 Å². The molecule has 2 amide bonds. The number of thioether (sulfide) groups is 1.